The molecule has 0 aromatic heterocycles. The van der Waals surface area contributed by atoms with Crippen LogP contribution in [0.5, 0.6) is 0 Å². The Morgan fingerprint density at radius 2 is 2.00 bits per heavy atom. The first-order chi connectivity index (χ1) is 11.8. The van der Waals surface area contributed by atoms with Gasteiger partial charge in [0.15, 0.2) is 0 Å². The van der Waals surface area contributed by atoms with Crippen LogP contribution in [0.25, 0.3) is 6.08 Å². The lowest BCUT2D eigenvalue weighted by molar-refractivity contribution is 0.0197. The molecular formula is C20H25NO4. The smallest absolute Gasteiger partial charge is 0.410 e. The third-order valence-electron chi connectivity index (χ3n) is 4.46. The molecule has 0 N–H and O–H groups in total. The van der Waals surface area contributed by atoms with Gasteiger partial charge in [0.2, 0.25) is 0 Å². The van der Waals surface area contributed by atoms with Crippen LogP contribution in [0.15, 0.2) is 24.3 Å². The second-order valence-electron chi connectivity index (χ2n) is 7.66. The van der Waals surface area contributed by atoms with E-state index in [9.17, 15) is 9.59 Å². The average molecular weight is 343 g/mol. The molecule has 1 amide bonds. The van der Waals surface area contributed by atoms with Gasteiger partial charge in [-0.05, 0) is 57.2 Å². The van der Waals surface area contributed by atoms with E-state index < -0.39 is 5.60 Å². The fourth-order valence-electron chi connectivity index (χ4n) is 3.11. The molecule has 1 fully saturated rings. The van der Waals surface area contributed by atoms with Gasteiger partial charge in [0.05, 0.1) is 5.56 Å². The van der Waals surface area contributed by atoms with Crippen molar-refractivity contribution in [3.8, 4) is 0 Å². The first-order valence-electron chi connectivity index (χ1n) is 8.78. The molecule has 5 heteroatoms. The minimum absolute atomic E-state index is 0.224. The van der Waals surface area contributed by atoms with E-state index in [2.05, 4.69) is 12.2 Å². The fraction of sp³-hybridized carbons (Fsp3) is 0.500. The minimum atomic E-state index is -0.452. The highest BCUT2D eigenvalue weighted by Gasteiger charge is 2.26. The van der Waals surface area contributed by atoms with Gasteiger partial charge >= 0.3 is 12.1 Å². The topological polar surface area (TPSA) is 55.8 Å². The SMILES string of the molecule is CC(C)(C)OC(=O)N1CCC(/C=C/c2ccc3c(c2)COC3=O)CC1. The molecule has 5 nitrogen and oxygen atoms in total. The van der Waals surface area contributed by atoms with E-state index in [0.29, 0.717) is 18.1 Å². The number of amides is 1. The van der Waals surface area contributed by atoms with Crippen LogP contribution in [-0.4, -0.2) is 35.7 Å². The molecule has 0 radical (unpaired) electrons. The number of cyclic esters (lactones) is 1. The molecule has 0 saturated carbocycles. The van der Waals surface area contributed by atoms with Crippen molar-refractivity contribution >= 4 is 18.1 Å². The Morgan fingerprint density at radius 3 is 2.68 bits per heavy atom. The summed E-state index contributed by atoms with van der Waals surface area (Å²) in [6, 6.07) is 5.78. The van der Waals surface area contributed by atoms with Crippen molar-refractivity contribution in [3.05, 3.63) is 41.0 Å². The molecule has 134 valence electrons. The molecule has 2 aliphatic rings. The number of hydrogen-bond donors (Lipinski definition) is 0. The Kier molecular flexibility index (Phi) is 4.84. The molecule has 1 aromatic carbocycles. The number of nitrogens with zero attached hydrogens (tertiary/aromatic N) is 1. The van der Waals surface area contributed by atoms with E-state index in [1.54, 1.807) is 4.90 Å². The van der Waals surface area contributed by atoms with Crippen LogP contribution in [0.2, 0.25) is 0 Å². The summed E-state index contributed by atoms with van der Waals surface area (Å²) in [6.07, 6.45) is 5.94. The highest BCUT2D eigenvalue weighted by molar-refractivity contribution is 5.93. The van der Waals surface area contributed by atoms with Crippen molar-refractivity contribution < 1.29 is 19.1 Å². The van der Waals surface area contributed by atoms with Gasteiger partial charge in [0, 0.05) is 18.7 Å². The zero-order valence-electron chi connectivity index (χ0n) is 15.1. The van der Waals surface area contributed by atoms with Crippen LogP contribution in [0.4, 0.5) is 4.79 Å². The Labute approximate surface area is 148 Å². The van der Waals surface area contributed by atoms with Gasteiger partial charge in [-0.1, -0.05) is 18.2 Å². The zero-order chi connectivity index (χ0) is 18.0. The molecule has 0 unspecified atom stereocenters. The van der Waals surface area contributed by atoms with E-state index in [-0.39, 0.29) is 12.1 Å². The Morgan fingerprint density at radius 1 is 1.28 bits per heavy atom. The number of allylic oxidation sites excluding steroid dienone is 1. The van der Waals surface area contributed by atoms with Crippen molar-refractivity contribution in [2.24, 2.45) is 5.92 Å². The van der Waals surface area contributed by atoms with Crippen molar-refractivity contribution in [2.75, 3.05) is 13.1 Å². The lowest BCUT2D eigenvalue weighted by Gasteiger charge is -2.32. The zero-order valence-corrected chi connectivity index (χ0v) is 15.1. The molecule has 0 bridgehead atoms. The number of carbonyl (C=O) groups is 2. The van der Waals surface area contributed by atoms with E-state index >= 15 is 0 Å². The van der Waals surface area contributed by atoms with Gasteiger partial charge in [0.1, 0.15) is 12.2 Å². The van der Waals surface area contributed by atoms with Gasteiger partial charge in [-0.2, -0.15) is 0 Å². The maximum atomic E-state index is 12.1. The normalized spacial score (nSPS) is 18.4. The largest absolute Gasteiger partial charge is 0.457 e. The molecular weight excluding hydrogens is 318 g/mol. The second-order valence-corrected chi connectivity index (χ2v) is 7.66. The number of ether oxygens (including phenoxy) is 2. The fourth-order valence-corrected chi connectivity index (χ4v) is 3.11. The van der Waals surface area contributed by atoms with E-state index in [1.807, 2.05) is 39.0 Å². The summed E-state index contributed by atoms with van der Waals surface area (Å²) in [5, 5.41) is 0. The summed E-state index contributed by atoms with van der Waals surface area (Å²) in [5.41, 5.74) is 2.24. The Balaban J connectivity index is 1.53. The van der Waals surface area contributed by atoms with Crippen LogP contribution in [0.1, 0.15) is 55.1 Å². The molecule has 1 saturated heterocycles. The van der Waals surface area contributed by atoms with Crippen LogP contribution < -0.4 is 0 Å². The molecule has 25 heavy (non-hydrogen) atoms. The standard InChI is InChI=1S/C20H25NO4/c1-20(2,3)25-19(23)21-10-8-14(9-11-21)4-5-15-6-7-17-16(12-15)13-24-18(17)22/h4-7,12,14H,8-11,13H2,1-3H3/b5-4+. The predicted octanol–water partition coefficient (Wildman–Crippen LogP) is 4.02. The highest BCUT2D eigenvalue weighted by atomic mass is 16.6. The predicted molar refractivity (Wildman–Crippen MR) is 95.1 cm³/mol. The molecule has 0 atom stereocenters. The first-order valence-corrected chi connectivity index (χ1v) is 8.78. The van der Waals surface area contributed by atoms with Crippen molar-refractivity contribution in [1.82, 2.24) is 4.90 Å². The van der Waals surface area contributed by atoms with Gasteiger partial charge in [0.25, 0.3) is 0 Å². The molecule has 2 aliphatic heterocycles. The quantitative estimate of drug-likeness (QED) is 0.761. The lowest BCUT2D eigenvalue weighted by atomic mass is 9.95. The number of fused-ring (bicyclic) bond motifs is 1. The number of likely N-dealkylation sites (tertiary alicyclic amines) is 1. The maximum Gasteiger partial charge on any atom is 0.410 e. The van der Waals surface area contributed by atoms with E-state index in [0.717, 1.165) is 37.1 Å². The third-order valence-corrected chi connectivity index (χ3v) is 4.46. The molecule has 0 aliphatic carbocycles. The summed E-state index contributed by atoms with van der Waals surface area (Å²) in [7, 11) is 0. The summed E-state index contributed by atoms with van der Waals surface area (Å²) < 4.78 is 10.5. The minimum Gasteiger partial charge on any atom is -0.457 e. The van der Waals surface area contributed by atoms with Crippen LogP contribution in [0.3, 0.4) is 0 Å². The van der Waals surface area contributed by atoms with Crippen LogP contribution in [0, 0.1) is 5.92 Å². The number of piperidine rings is 1. The number of hydrogen-bond acceptors (Lipinski definition) is 4. The number of carbonyl (C=O) groups excluding carboxylic acids is 2. The van der Waals surface area contributed by atoms with Crippen molar-refractivity contribution in [3.63, 3.8) is 0 Å². The number of esters is 1. The van der Waals surface area contributed by atoms with Crippen molar-refractivity contribution in [2.45, 2.75) is 45.8 Å². The summed E-state index contributed by atoms with van der Waals surface area (Å²) in [6.45, 7) is 7.46. The lowest BCUT2D eigenvalue weighted by Crippen LogP contribution is -2.41. The Bertz CT molecular complexity index is 694. The van der Waals surface area contributed by atoms with Crippen molar-refractivity contribution in [1.29, 1.82) is 0 Å². The summed E-state index contributed by atoms with van der Waals surface area (Å²) in [4.78, 5) is 25.3. The second kappa shape index (κ2) is 6.90. The monoisotopic (exact) mass is 343 g/mol. The average Bonchev–Trinajstić information content (AvgIpc) is 2.92. The van der Waals surface area contributed by atoms with E-state index in [4.69, 9.17) is 9.47 Å². The number of benzene rings is 1. The van der Waals surface area contributed by atoms with Gasteiger partial charge in [-0.3, -0.25) is 0 Å². The molecule has 3 rings (SSSR count). The van der Waals surface area contributed by atoms with Gasteiger partial charge in [-0.25, -0.2) is 9.59 Å². The summed E-state index contributed by atoms with van der Waals surface area (Å²) >= 11 is 0. The first kappa shape index (κ1) is 17.5. The maximum absolute atomic E-state index is 12.1. The number of rotatable bonds is 2. The third kappa shape index (κ3) is 4.41. The molecule has 2 heterocycles. The molecule has 0 spiro atoms. The van der Waals surface area contributed by atoms with Gasteiger partial charge in [-0.15, -0.1) is 0 Å². The van der Waals surface area contributed by atoms with Crippen LogP contribution in [-0.2, 0) is 16.1 Å². The molecule has 1 aromatic rings. The Hall–Kier alpha value is -2.30. The van der Waals surface area contributed by atoms with Gasteiger partial charge < -0.3 is 14.4 Å². The summed E-state index contributed by atoms with van der Waals surface area (Å²) in [5.74, 6) is 0.213. The van der Waals surface area contributed by atoms with E-state index in [1.165, 1.54) is 0 Å². The van der Waals surface area contributed by atoms with Crippen LogP contribution >= 0.6 is 0 Å². The highest BCUT2D eigenvalue weighted by Crippen LogP contribution is 2.24.